The second-order valence-corrected chi connectivity index (χ2v) is 4.17. The standard InChI is InChI=1S/C14H19N3O/c1-15-7-9-17-10-8-16-14(17)11-12-3-5-13(18-2)6-4-12/h3-6,8,10,15H,7,9,11H2,1-2H3. The number of nitrogens with one attached hydrogen (secondary N) is 1. The van der Waals surface area contributed by atoms with Crippen LogP contribution in [-0.4, -0.2) is 30.3 Å². The Kier molecular flexibility index (Phi) is 4.36. The molecule has 0 spiro atoms. The van der Waals surface area contributed by atoms with Crippen molar-refractivity contribution in [1.29, 1.82) is 0 Å². The first kappa shape index (κ1) is 12.6. The molecule has 1 N–H and O–H groups in total. The van der Waals surface area contributed by atoms with Gasteiger partial charge in [-0.3, -0.25) is 0 Å². The lowest BCUT2D eigenvalue weighted by Gasteiger charge is -2.08. The van der Waals surface area contributed by atoms with E-state index in [1.807, 2.05) is 31.6 Å². The highest BCUT2D eigenvalue weighted by Crippen LogP contribution is 2.14. The Bertz CT molecular complexity index is 476. The topological polar surface area (TPSA) is 39.1 Å². The van der Waals surface area contributed by atoms with Crippen molar-refractivity contribution in [2.24, 2.45) is 0 Å². The summed E-state index contributed by atoms with van der Waals surface area (Å²) >= 11 is 0. The predicted octanol–water partition coefficient (Wildman–Crippen LogP) is 1.70. The number of ether oxygens (including phenoxy) is 1. The number of imidazole rings is 1. The van der Waals surface area contributed by atoms with E-state index in [1.54, 1.807) is 7.11 Å². The molecule has 0 aliphatic rings. The van der Waals surface area contributed by atoms with Gasteiger partial charge in [-0.2, -0.15) is 0 Å². The highest BCUT2D eigenvalue weighted by Gasteiger charge is 2.04. The minimum atomic E-state index is 0.848. The first-order chi connectivity index (χ1) is 8.83. The highest BCUT2D eigenvalue weighted by atomic mass is 16.5. The average Bonchev–Trinajstić information content (AvgIpc) is 2.84. The summed E-state index contributed by atoms with van der Waals surface area (Å²) in [6, 6.07) is 8.12. The van der Waals surface area contributed by atoms with Gasteiger partial charge in [-0.25, -0.2) is 4.98 Å². The van der Waals surface area contributed by atoms with Crippen LogP contribution in [0.1, 0.15) is 11.4 Å². The zero-order valence-corrected chi connectivity index (χ0v) is 10.9. The van der Waals surface area contributed by atoms with Crippen LogP contribution >= 0.6 is 0 Å². The lowest BCUT2D eigenvalue weighted by Crippen LogP contribution is -2.16. The molecule has 4 heteroatoms. The number of likely N-dealkylation sites (N-methyl/N-ethyl adjacent to an activating group) is 1. The van der Waals surface area contributed by atoms with Crippen LogP contribution < -0.4 is 10.1 Å². The molecule has 1 aromatic carbocycles. The number of methoxy groups -OCH3 is 1. The van der Waals surface area contributed by atoms with Gasteiger partial charge in [0.15, 0.2) is 0 Å². The van der Waals surface area contributed by atoms with Gasteiger partial charge in [-0.05, 0) is 24.7 Å². The number of hydrogen-bond donors (Lipinski definition) is 1. The van der Waals surface area contributed by atoms with Crippen LogP contribution in [0.25, 0.3) is 0 Å². The fourth-order valence-corrected chi connectivity index (χ4v) is 1.87. The van der Waals surface area contributed by atoms with Crippen LogP contribution in [0.15, 0.2) is 36.7 Å². The van der Waals surface area contributed by atoms with Crippen LogP contribution in [0.3, 0.4) is 0 Å². The molecule has 96 valence electrons. The fourth-order valence-electron chi connectivity index (χ4n) is 1.87. The summed E-state index contributed by atoms with van der Waals surface area (Å²) in [5.41, 5.74) is 1.24. The van der Waals surface area contributed by atoms with Gasteiger partial charge in [-0.1, -0.05) is 12.1 Å². The lowest BCUT2D eigenvalue weighted by atomic mass is 10.1. The van der Waals surface area contributed by atoms with Gasteiger partial charge >= 0.3 is 0 Å². The van der Waals surface area contributed by atoms with Crippen LogP contribution in [-0.2, 0) is 13.0 Å². The zero-order valence-electron chi connectivity index (χ0n) is 10.9. The van der Waals surface area contributed by atoms with E-state index in [0.29, 0.717) is 0 Å². The van der Waals surface area contributed by atoms with Crippen molar-refractivity contribution in [2.45, 2.75) is 13.0 Å². The summed E-state index contributed by atoms with van der Waals surface area (Å²) in [4.78, 5) is 4.41. The molecule has 2 rings (SSSR count). The summed E-state index contributed by atoms with van der Waals surface area (Å²) in [6.45, 7) is 1.90. The van der Waals surface area contributed by atoms with Gasteiger partial charge in [0, 0.05) is 31.9 Å². The van der Waals surface area contributed by atoms with Crippen molar-refractivity contribution >= 4 is 0 Å². The molecule has 1 aromatic heterocycles. The molecule has 4 nitrogen and oxygen atoms in total. The third kappa shape index (κ3) is 3.11. The van der Waals surface area contributed by atoms with Crippen LogP contribution in [0.4, 0.5) is 0 Å². The Balaban J connectivity index is 2.05. The molecule has 2 aromatic rings. The number of aromatic nitrogens is 2. The smallest absolute Gasteiger partial charge is 0.118 e. The van der Waals surface area contributed by atoms with E-state index >= 15 is 0 Å². The molecular formula is C14H19N3O. The number of hydrogen-bond acceptors (Lipinski definition) is 3. The van der Waals surface area contributed by atoms with Gasteiger partial charge < -0.3 is 14.6 Å². The van der Waals surface area contributed by atoms with Gasteiger partial charge in [0.1, 0.15) is 11.6 Å². The fraction of sp³-hybridized carbons (Fsp3) is 0.357. The average molecular weight is 245 g/mol. The maximum Gasteiger partial charge on any atom is 0.118 e. The minimum Gasteiger partial charge on any atom is -0.497 e. The monoisotopic (exact) mass is 245 g/mol. The normalized spacial score (nSPS) is 10.6. The molecule has 0 bridgehead atoms. The van der Waals surface area contributed by atoms with Crippen molar-refractivity contribution < 1.29 is 4.74 Å². The molecule has 0 atom stereocenters. The summed E-state index contributed by atoms with van der Waals surface area (Å²) in [5, 5.41) is 3.15. The number of rotatable bonds is 6. The first-order valence-electron chi connectivity index (χ1n) is 6.11. The maximum absolute atomic E-state index is 5.15. The van der Waals surface area contributed by atoms with E-state index in [9.17, 15) is 0 Å². The van der Waals surface area contributed by atoms with Crippen LogP contribution in [0, 0.1) is 0 Å². The molecule has 18 heavy (non-hydrogen) atoms. The number of nitrogens with zero attached hydrogens (tertiary/aromatic N) is 2. The van der Waals surface area contributed by atoms with Gasteiger partial charge in [0.25, 0.3) is 0 Å². The van der Waals surface area contributed by atoms with E-state index in [0.717, 1.165) is 31.1 Å². The minimum absolute atomic E-state index is 0.848. The Morgan fingerprint density at radius 1 is 1.28 bits per heavy atom. The van der Waals surface area contributed by atoms with Crippen LogP contribution in [0.5, 0.6) is 5.75 Å². The Labute approximate surface area is 108 Å². The second-order valence-electron chi connectivity index (χ2n) is 4.17. The Morgan fingerprint density at radius 2 is 2.06 bits per heavy atom. The summed E-state index contributed by atoms with van der Waals surface area (Å²) < 4.78 is 7.33. The Hall–Kier alpha value is -1.81. The van der Waals surface area contributed by atoms with E-state index < -0.39 is 0 Å². The quantitative estimate of drug-likeness (QED) is 0.842. The molecule has 0 amide bonds. The van der Waals surface area contributed by atoms with Crippen LogP contribution in [0.2, 0.25) is 0 Å². The largest absolute Gasteiger partial charge is 0.497 e. The lowest BCUT2D eigenvalue weighted by molar-refractivity contribution is 0.414. The highest BCUT2D eigenvalue weighted by molar-refractivity contribution is 5.28. The van der Waals surface area contributed by atoms with Crippen molar-refractivity contribution in [3.05, 3.63) is 48.0 Å². The van der Waals surface area contributed by atoms with E-state index in [-0.39, 0.29) is 0 Å². The molecule has 0 unspecified atom stereocenters. The molecule has 1 heterocycles. The maximum atomic E-state index is 5.15. The van der Waals surface area contributed by atoms with Crippen molar-refractivity contribution in [3.8, 4) is 5.75 Å². The summed E-state index contributed by atoms with van der Waals surface area (Å²) in [5.74, 6) is 1.98. The van der Waals surface area contributed by atoms with Gasteiger partial charge in [0.05, 0.1) is 7.11 Å². The zero-order chi connectivity index (χ0) is 12.8. The van der Waals surface area contributed by atoms with Crippen molar-refractivity contribution in [1.82, 2.24) is 14.9 Å². The molecular weight excluding hydrogens is 226 g/mol. The molecule has 0 radical (unpaired) electrons. The van der Waals surface area contributed by atoms with Gasteiger partial charge in [-0.15, -0.1) is 0 Å². The molecule has 0 aliphatic carbocycles. The molecule has 0 saturated carbocycles. The van der Waals surface area contributed by atoms with Crippen molar-refractivity contribution in [2.75, 3.05) is 20.7 Å². The van der Waals surface area contributed by atoms with E-state index in [2.05, 4.69) is 27.0 Å². The second kappa shape index (κ2) is 6.21. The number of benzene rings is 1. The van der Waals surface area contributed by atoms with Gasteiger partial charge in [0.2, 0.25) is 0 Å². The molecule has 0 fully saturated rings. The molecule has 0 aliphatic heterocycles. The predicted molar refractivity (Wildman–Crippen MR) is 72.0 cm³/mol. The summed E-state index contributed by atoms with van der Waals surface area (Å²) in [6.07, 6.45) is 4.73. The SMILES string of the molecule is CNCCn1ccnc1Cc1ccc(OC)cc1. The van der Waals surface area contributed by atoms with Crippen molar-refractivity contribution in [3.63, 3.8) is 0 Å². The Morgan fingerprint density at radius 3 is 2.72 bits per heavy atom. The summed E-state index contributed by atoms with van der Waals surface area (Å²) in [7, 11) is 3.64. The molecule has 0 saturated heterocycles. The van der Waals surface area contributed by atoms with E-state index in [4.69, 9.17) is 4.74 Å². The van der Waals surface area contributed by atoms with E-state index in [1.165, 1.54) is 5.56 Å². The first-order valence-corrected chi connectivity index (χ1v) is 6.11. The third-order valence-corrected chi connectivity index (χ3v) is 2.93. The third-order valence-electron chi connectivity index (χ3n) is 2.93.